The second-order valence-corrected chi connectivity index (χ2v) is 5.53. The van der Waals surface area contributed by atoms with Gasteiger partial charge in [0.1, 0.15) is 35.3 Å². The number of halogens is 1. The molecule has 0 aliphatic carbocycles. The number of benzene rings is 1. The summed E-state index contributed by atoms with van der Waals surface area (Å²) in [5.74, 6) is -0.779. The van der Waals surface area contributed by atoms with E-state index in [1.165, 1.54) is 12.1 Å². The quantitative estimate of drug-likeness (QED) is 0.820. The molecule has 1 amide bonds. The zero-order chi connectivity index (χ0) is 18.3. The van der Waals surface area contributed by atoms with Crippen LogP contribution in [0.15, 0.2) is 29.5 Å². The van der Waals surface area contributed by atoms with Crippen molar-refractivity contribution in [2.45, 2.75) is 26.4 Å². The Morgan fingerprint density at radius 3 is 2.21 bits per heavy atom. The van der Waals surface area contributed by atoms with Crippen LogP contribution in [0.4, 0.5) is 20.6 Å². The lowest BCUT2D eigenvalue weighted by Crippen LogP contribution is -2.27. The highest BCUT2D eigenvalue weighted by Crippen LogP contribution is 2.21. The van der Waals surface area contributed by atoms with Crippen LogP contribution >= 0.6 is 0 Å². The van der Waals surface area contributed by atoms with Gasteiger partial charge in [0.05, 0.1) is 5.69 Å². The van der Waals surface area contributed by atoms with Crippen molar-refractivity contribution in [3.05, 3.63) is 35.3 Å². The SMILES string of the molecule is CC(C)(C)OC(=O)Nc1ccc(NC(C#N)=C(C#N)C#N)cc1F. The molecular formula is C16H14FN5O2. The van der Waals surface area contributed by atoms with Crippen molar-refractivity contribution in [1.82, 2.24) is 0 Å². The van der Waals surface area contributed by atoms with E-state index in [1.54, 1.807) is 39.0 Å². The van der Waals surface area contributed by atoms with Crippen LogP contribution in [0.3, 0.4) is 0 Å². The Morgan fingerprint density at radius 2 is 1.75 bits per heavy atom. The van der Waals surface area contributed by atoms with Crippen molar-refractivity contribution in [3.8, 4) is 18.2 Å². The van der Waals surface area contributed by atoms with E-state index >= 15 is 0 Å². The fourth-order valence-electron chi connectivity index (χ4n) is 1.54. The summed E-state index contributed by atoms with van der Waals surface area (Å²) in [5.41, 5.74) is -1.42. The van der Waals surface area contributed by atoms with Crippen LogP contribution in [0.1, 0.15) is 20.8 Å². The van der Waals surface area contributed by atoms with Crippen LogP contribution in [-0.2, 0) is 4.74 Å². The molecule has 0 saturated heterocycles. The number of amides is 1. The fourth-order valence-corrected chi connectivity index (χ4v) is 1.54. The lowest BCUT2D eigenvalue weighted by atomic mass is 10.2. The number of anilines is 2. The van der Waals surface area contributed by atoms with Crippen LogP contribution in [0.5, 0.6) is 0 Å². The number of carbonyl (C=O) groups excluding carboxylic acids is 1. The predicted octanol–water partition coefficient (Wildman–Crippen LogP) is 3.41. The Morgan fingerprint density at radius 1 is 1.12 bits per heavy atom. The number of hydrogen-bond acceptors (Lipinski definition) is 6. The summed E-state index contributed by atoms with van der Waals surface area (Å²) >= 11 is 0. The molecule has 1 aromatic rings. The Kier molecular flexibility index (Phi) is 5.87. The Bertz CT molecular complexity index is 788. The van der Waals surface area contributed by atoms with Crippen LogP contribution < -0.4 is 10.6 Å². The maximum Gasteiger partial charge on any atom is 0.412 e. The highest BCUT2D eigenvalue weighted by molar-refractivity contribution is 5.85. The van der Waals surface area contributed by atoms with E-state index in [0.29, 0.717) is 0 Å². The molecule has 7 nitrogen and oxygen atoms in total. The predicted molar refractivity (Wildman–Crippen MR) is 83.7 cm³/mol. The molecule has 0 bridgehead atoms. The summed E-state index contributed by atoms with van der Waals surface area (Å²) < 4.78 is 19.0. The molecule has 8 heteroatoms. The number of carbonyl (C=O) groups is 1. The first kappa shape index (κ1) is 18.5. The normalized spacial score (nSPS) is 9.71. The second-order valence-electron chi connectivity index (χ2n) is 5.53. The van der Waals surface area contributed by atoms with Crippen molar-refractivity contribution in [1.29, 1.82) is 15.8 Å². The molecule has 0 spiro atoms. The van der Waals surface area contributed by atoms with Crippen LogP contribution in [0.2, 0.25) is 0 Å². The van der Waals surface area contributed by atoms with E-state index in [1.807, 2.05) is 0 Å². The van der Waals surface area contributed by atoms with E-state index in [9.17, 15) is 9.18 Å². The van der Waals surface area contributed by atoms with Gasteiger partial charge in [-0.15, -0.1) is 0 Å². The number of nitrogens with zero attached hydrogens (tertiary/aromatic N) is 3. The van der Waals surface area contributed by atoms with E-state index in [-0.39, 0.29) is 17.1 Å². The average molecular weight is 327 g/mol. The molecule has 122 valence electrons. The summed E-state index contributed by atoms with van der Waals surface area (Å²) in [7, 11) is 0. The molecule has 0 aliphatic rings. The van der Waals surface area contributed by atoms with Crippen molar-refractivity contribution < 1.29 is 13.9 Å². The maximum absolute atomic E-state index is 14.0. The molecule has 0 aromatic heterocycles. The fraction of sp³-hybridized carbons (Fsp3) is 0.250. The molecule has 0 heterocycles. The Balaban J connectivity index is 2.96. The third kappa shape index (κ3) is 5.32. The molecule has 1 rings (SSSR count). The minimum atomic E-state index is -0.809. The first-order valence-corrected chi connectivity index (χ1v) is 6.71. The van der Waals surface area contributed by atoms with Gasteiger partial charge in [0.2, 0.25) is 0 Å². The van der Waals surface area contributed by atoms with Gasteiger partial charge < -0.3 is 10.1 Å². The smallest absolute Gasteiger partial charge is 0.412 e. The summed E-state index contributed by atoms with van der Waals surface area (Å²) in [6, 6.07) is 8.43. The van der Waals surface area contributed by atoms with Gasteiger partial charge in [0.25, 0.3) is 0 Å². The Labute approximate surface area is 138 Å². The first-order chi connectivity index (χ1) is 11.2. The third-order valence-electron chi connectivity index (χ3n) is 2.46. The molecule has 24 heavy (non-hydrogen) atoms. The maximum atomic E-state index is 14.0. The van der Waals surface area contributed by atoms with Gasteiger partial charge >= 0.3 is 6.09 Å². The van der Waals surface area contributed by atoms with E-state index in [2.05, 4.69) is 10.6 Å². The van der Waals surface area contributed by atoms with Gasteiger partial charge in [-0.3, -0.25) is 5.32 Å². The van der Waals surface area contributed by atoms with Crippen molar-refractivity contribution in [3.63, 3.8) is 0 Å². The molecule has 0 atom stereocenters. The number of rotatable bonds is 3. The van der Waals surface area contributed by atoms with Crippen molar-refractivity contribution >= 4 is 17.5 Å². The zero-order valence-electron chi connectivity index (χ0n) is 13.3. The lowest BCUT2D eigenvalue weighted by molar-refractivity contribution is 0.0635. The van der Waals surface area contributed by atoms with E-state index in [0.717, 1.165) is 6.07 Å². The first-order valence-electron chi connectivity index (χ1n) is 6.71. The topological polar surface area (TPSA) is 122 Å². The number of nitrogens with one attached hydrogen (secondary N) is 2. The molecular weight excluding hydrogens is 313 g/mol. The summed E-state index contributed by atoms with van der Waals surface area (Å²) in [6.45, 7) is 5.02. The molecule has 0 aliphatic heterocycles. The number of nitriles is 3. The minimum Gasteiger partial charge on any atom is -0.444 e. The van der Waals surface area contributed by atoms with Gasteiger partial charge in [-0.05, 0) is 39.0 Å². The summed E-state index contributed by atoms with van der Waals surface area (Å²) in [6.07, 6.45) is -0.809. The zero-order valence-corrected chi connectivity index (χ0v) is 13.3. The molecule has 0 radical (unpaired) electrons. The molecule has 0 fully saturated rings. The van der Waals surface area contributed by atoms with Gasteiger partial charge in [0.15, 0.2) is 5.57 Å². The van der Waals surface area contributed by atoms with Crippen LogP contribution in [0, 0.1) is 39.8 Å². The van der Waals surface area contributed by atoms with E-state index in [4.69, 9.17) is 20.5 Å². The largest absolute Gasteiger partial charge is 0.444 e. The average Bonchev–Trinajstić information content (AvgIpc) is 2.48. The number of allylic oxidation sites excluding steroid dienone is 2. The van der Waals surface area contributed by atoms with E-state index < -0.39 is 23.1 Å². The van der Waals surface area contributed by atoms with Crippen molar-refractivity contribution in [2.75, 3.05) is 10.6 Å². The molecule has 0 saturated carbocycles. The third-order valence-corrected chi connectivity index (χ3v) is 2.46. The monoisotopic (exact) mass is 327 g/mol. The summed E-state index contributed by atoms with van der Waals surface area (Å²) in [5, 5.41) is 31.2. The summed E-state index contributed by atoms with van der Waals surface area (Å²) in [4.78, 5) is 11.6. The van der Waals surface area contributed by atoms with Crippen LogP contribution in [0.25, 0.3) is 0 Å². The standard InChI is InChI=1S/C16H14FN5O2/c1-16(2,3)24-15(23)22-13-5-4-11(6-12(13)17)21-14(9-20)10(7-18)8-19/h4-6,21H,1-3H3,(H,22,23). The van der Waals surface area contributed by atoms with Crippen LogP contribution in [-0.4, -0.2) is 11.7 Å². The van der Waals surface area contributed by atoms with Crippen molar-refractivity contribution in [2.24, 2.45) is 0 Å². The van der Waals surface area contributed by atoms with Gasteiger partial charge in [0, 0.05) is 5.69 Å². The molecule has 1 aromatic carbocycles. The minimum absolute atomic E-state index is 0.113. The highest BCUT2D eigenvalue weighted by atomic mass is 19.1. The van der Waals surface area contributed by atoms with Gasteiger partial charge in [-0.2, -0.15) is 15.8 Å². The Hall–Kier alpha value is -3.57. The second kappa shape index (κ2) is 7.62. The number of hydrogen-bond donors (Lipinski definition) is 2. The molecule has 2 N–H and O–H groups in total. The molecule has 0 unspecified atom stereocenters. The lowest BCUT2D eigenvalue weighted by Gasteiger charge is -2.19. The van der Waals surface area contributed by atoms with Gasteiger partial charge in [-0.25, -0.2) is 9.18 Å². The van der Waals surface area contributed by atoms with Gasteiger partial charge in [-0.1, -0.05) is 0 Å². The highest BCUT2D eigenvalue weighted by Gasteiger charge is 2.17. The number of ether oxygens (including phenoxy) is 1.